The maximum Gasteiger partial charge on any atom is 0.246 e. The van der Waals surface area contributed by atoms with E-state index >= 15 is 0 Å². The Labute approximate surface area is 123 Å². The normalized spacial score (nSPS) is 11.0. The van der Waals surface area contributed by atoms with Gasteiger partial charge in [-0.1, -0.05) is 12.1 Å². The van der Waals surface area contributed by atoms with E-state index in [4.69, 9.17) is 14.4 Å². The van der Waals surface area contributed by atoms with Gasteiger partial charge in [-0.05, 0) is 12.1 Å². The molecule has 0 bridgehead atoms. The Balaban J connectivity index is 1.67. The largest absolute Gasteiger partial charge is 0.482 e. The van der Waals surface area contributed by atoms with E-state index < -0.39 is 0 Å². The Hall–Kier alpha value is -2.78. The van der Waals surface area contributed by atoms with Crippen molar-refractivity contribution in [1.82, 2.24) is 9.38 Å². The number of imidazole rings is 1. The van der Waals surface area contributed by atoms with E-state index in [0.29, 0.717) is 17.9 Å². The van der Waals surface area contributed by atoms with Crippen LogP contribution in [0.3, 0.4) is 0 Å². The maximum atomic E-state index is 9.16. The standard InChI is InChI=1S/C15H9N3O2S/c16-7-13-14(11-3-1-2-4-12(11)20-13)19-9-10-8-18-5-6-21-15(18)17-10/h1-6,8H,9H2. The van der Waals surface area contributed by atoms with E-state index in [1.165, 1.54) is 0 Å². The van der Waals surface area contributed by atoms with Crippen molar-refractivity contribution >= 4 is 27.3 Å². The smallest absolute Gasteiger partial charge is 0.246 e. The highest BCUT2D eigenvalue weighted by atomic mass is 32.1. The summed E-state index contributed by atoms with van der Waals surface area (Å²) in [6.07, 6.45) is 3.87. The summed E-state index contributed by atoms with van der Waals surface area (Å²) in [5.41, 5.74) is 1.46. The molecule has 4 rings (SSSR count). The second kappa shape index (κ2) is 4.65. The number of thiazole rings is 1. The summed E-state index contributed by atoms with van der Waals surface area (Å²) in [6.45, 7) is 0.298. The van der Waals surface area contributed by atoms with Crippen molar-refractivity contribution in [2.75, 3.05) is 0 Å². The van der Waals surface area contributed by atoms with E-state index in [1.807, 2.05) is 52.5 Å². The van der Waals surface area contributed by atoms with Crippen molar-refractivity contribution in [3.05, 3.63) is 53.5 Å². The molecule has 5 nitrogen and oxygen atoms in total. The molecule has 0 aliphatic carbocycles. The van der Waals surface area contributed by atoms with Crippen molar-refractivity contribution in [3.63, 3.8) is 0 Å². The van der Waals surface area contributed by atoms with Gasteiger partial charge in [-0.25, -0.2) is 4.98 Å². The zero-order valence-corrected chi connectivity index (χ0v) is 11.6. The van der Waals surface area contributed by atoms with Crippen molar-refractivity contribution in [2.45, 2.75) is 6.61 Å². The molecule has 6 heteroatoms. The van der Waals surface area contributed by atoms with Gasteiger partial charge in [-0.3, -0.25) is 4.40 Å². The van der Waals surface area contributed by atoms with Crippen molar-refractivity contribution < 1.29 is 9.15 Å². The zero-order chi connectivity index (χ0) is 14.2. The van der Waals surface area contributed by atoms with Crippen molar-refractivity contribution in [1.29, 1.82) is 5.26 Å². The molecule has 0 radical (unpaired) electrons. The summed E-state index contributed by atoms with van der Waals surface area (Å²) in [4.78, 5) is 5.37. The monoisotopic (exact) mass is 295 g/mol. The fourth-order valence-electron chi connectivity index (χ4n) is 2.23. The second-order valence-electron chi connectivity index (χ2n) is 4.48. The number of benzene rings is 1. The van der Waals surface area contributed by atoms with E-state index in [9.17, 15) is 0 Å². The molecule has 0 fully saturated rings. The fourth-order valence-corrected chi connectivity index (χ4v) is 2.95. The number of fused-ring (bicyclic) bond motifs is 2. The first kappa shape index (κ1) is 12.0. The van der Waals surface area contributed by atoms with E-state index in [-0.39, 0.29) is 5.76 Å². The van der Waals surface area contributed by atoms with Gasteiger partial charge in [-0.2, -0.15) is 5.26 Å². The topological polar surface area (TPSA) is 63.5 Å². The minimum Gasteiger partial charge on any atom is -0.482 e. The van der Waals surface area contributed by atoms with Gasteiger partial charge in [0.25, 0.3) is 0 Å². The van der Waals surface area contributed by atoms with Crippen molar-refractivity contribution in [3.8, 4) is 11.8 Å². The van der Waals surface area contributed by atoms with Crippen LogP contribution in [0.15, 0.2) is 46.5 Å². The molecule has 0 saturated heterocycles. The highest BCUT2D eigenvalue weighted by Crippen LogP contribution is 2.33. The van der Waals surface area contributed by atoms with Gasteiger partial charge in [0, 0.05) is 17.8 Å². The summed E-state index contributed by atoms with van der Waals surface area (Å²) in [5, 5.41) is 11.9. The molecule has 0 saturated carbocycles. The Morgan fingerprint density at radius 1 is 1.38 bits per heavy atom. The van der Waals surface area contributed by atoms with Crippen LogP contribution < -0.4 is 4.74 Å². The first-order valence-corrected chi connectivity index (χ1v) is 7.18. The van der Waals surface area contributed by atoms with Gasteiger partial charge in [0.05, 0.1) is 11.1 Å². The number of furan rings is 1. The summed E-state index contributed by atoms with van der Waals surface area (Å²) in [7, 11) is 0. The number of hydrogen-bond acceptors (Lipinski definition) is 5. The number of nitriles is 1. The third kappa shape index (κ3) is 1.95. The summed E-state index contributed by atoms with van der Waals surface area (Å²) < 4.78 is 13.2. The quantitative estimate of drug-likeness (QED) is 0.579. The van der Waals surface area contributed by atoms with Gasteiger partial charge in [0.15, 0.2) is 10.7 Å². The lowest BCUT2D eigenvalue weighted by atomic mass is 10.2. The second-order valence-corrected chi connectivity index (χ2v) is 5.36. The molecular weight excluding hydrogens is 286 g/mol. The molecule has 0 atom stereocenters. The van der Waals surface area contributed by atoms with Crippen LogP contribution in [0, 0.1) is 11.3 Å². The van der Waals surface area contributed by atoms with Crippen LogP contribution in [0.25, 0.3) is 15.9 Å². The van der Waals surface area contributed by atoms with Gasteiger partial charge < -0.3 is 9.15 Å². The van der Waals surface area contributed by atoms with Gasteiger partial charge in [0.1, 0.15) is 18.3 Å². The molecule has 3 heterocycles. The molecule has 0 N–H and O–H groups in total. The van der Waals surface area contributed by atoms with Crippen molar-refractivity contribution in [2.24, 2.45) is 0 Å². The van der Waals surface area contributed by atoms with E-state index in [0.717, 1.165) is 16.0 Å². The Morgan fingerprint density at radius 2 is 2.29 bits per heavy atom. The zero-order valence-electron chi connectivity index (χ0n) is 10.8. The average molecular weight is 295 g/mol. The molecule has 1 aromatic carbocycles. The first-order chi connectivity index (χ1) is 10.3. The number of hydrogen-bond donors (Lipinski definition) is 0. The lowest BCUT2D eigenvalue weighted by Gasteiger charge is -2.01. The van der Waals surface area contributed by atoms with Crippen LogP contribution >= 0.6 is 11.3 Å². The predicted molar refractivity (Wildman–Crippen MR) is 78.3 cm³/mol. The third-order valence-corrected chi connectivity index (χ3v) is 3.93. The SMILES string of the molecule is N#Cc1oc2ccccc2c1OCc1cn2ccsc2n1. The summed E-state index contributed by atoms with van der Waals surface area (Å²) in [5.74, 6) is 0.668. The van der Waals surface area contributed by atoms with Crippen LogP contribution in [-0.4, -0.2) is 9.38 Å². The minimum atomic E-state index is 0.192. The summed E-state index contributed by atoms with van der Waals surface area (Å²) >= 11 is 1.57. The van der Waals surface area contributed by atoms with Crippen LogP contribution in [0.5, 0.6) is 5.75 Å². The molecule has 102 valence electrons. The average Bonchev–Trinajstić information content (AvgIpc) is 3.17. The van der Waals surface area contributed by atoms with Gasteiger partial charge in [-0.15, -0.1) is 11.3 Å². The number of aromatic nitrogens is 2. The maximum absolute atomic E-state index is 9.16. The Morgan fingerprint density at radius 3 is 3.14 bits per heavy atom. The van der Waals surface area contributed by atoms with Crippen LogP contribution in [0.4, 0.5) is 0 Å². The van der Waals surface area contributed by atoms with E-state index in [1.54, 1.807) is 11.3 Å². The van der Waals surface area contributed by atoms with Crippen LogP contribution in [0.1, 0.15) is 11.5 Å². The number of ether oxygens (including phenoxy) is 1. The molecule has 3 aromatic heterocycles. The lowest BCUT2D eigenvalue weighted by Crippen LogP contribution is -1.96. The van der Waals surface area contributed by atoms with Crippen LogP contribution in [-0.2, 0) is 6.61 Å². The van der Waals surface area contributed by atoms with E-state index in [2.05, 4.69) is 4.98 Å². The molecule has 0 amide bonds. The molecular formula is C15H9N3O2S. The summed E-state index contributed by atoms with van der Waals surface area (Å²) in [6, 6.07) is 9.47. The highest BCUT2D eigenvalue weighted by molar-refractivity contribution is 7.15. The molecule has 0 aliphatic rings. The lowest BCUT2D eigenvalue weighted by molar-refractivity contribution is 0.299. The Kier molecular flexibility index (Phi) is 2.66. The number of para-hydroxylation sites is 1. The highest BCUT2D eigenvalue weighted by Gasteiger charge is 2.15. The number of nitrogens with zero attached hydrogens (tertiary/aromatic N) is 3. The molecule has 0 spiro atoms. The van der Waals surface area contributed by atoms with Gasteiger partial charge in [0.2, 0.25) is 5.76 Å². The van der Waals surface area contributed by atoms with Gasteiger partial charge >= 0.3 is 0 Å². The number of rotatable bonds is 3. The molecule has 4 aromatic rings. The Bertz CT molecular complexity index is 945. The molecule has 21 heavy (non-hydrogen) atoms. The minimum absolute atomic E-state index is 0.192. The first-order valence-electron chi connectivity index (χ1n) is 6.30. The fraction of sp³-hybridized carbons (Fsp3) is 0.0667. The molecule has 0 aliphatic heterocycles. The third-order valence-electron chi connectivity index (χ3n) is 3.16. The predicted octanol–water partition coefficient (Wildman–Crippen LogP) is 3.59. The molecule has 0 unspecified atom stereocenters. The van der Waals surface area contributed by atoms with Crippen LogP contribution in [0.2, 0.25) is 0 Å².